The molecule has 0 radical (unpaired) electrons. The van der Waals surface area contributed by atoms with Gasteiger partial charge in [-0.1, -0.05) is 26.7 Å². The number of aliphatic carboxylic acids is 1. The lowest BCUT2D eigenvalue weighted by Crippen LogP contribution is -2.39. The van der Waals surface area contributed by atoms with E-state index in [1.807, 2.05) is 6.92 Å². The second-order valence-electron chi connectivity index (χ2n) is 6.07. The number of amides is 1. The molecule has 0 aromatic heterocycles. The molecule has 0 aliphatic heterocycles. The Morgan fingerprint density at radius 2 is 2.10 bits per heavy atom. The Morgan fingerprint density at radius 1 is 1.33 bits per heavy atom. The number of carboxylic acid groups (broad SMARTS) is 1. The van der Waals surface area contributed by atoms with Gasteiger partial charge in [-0.25, -0.2) is 0 Å². The average molecular weight is 299 g/mol. The van der Waals surface area contributed by atoms with Crippen molar-refractivity contribution in [2.24, 2.45) is 5.92 Å². The molecule has 1 fully saturated rings. The Kier molecular flexibility index (Phi) is 8.35. The van der Waals surface area contributed by atoms with E-state index in [-0.39, 0.29) is 24.5 Å². The molecule has 1 rings (SSSR count). The molecular weight excluding hydrogens is 270 g/mol. The minimum Gasteiger partial charge on any atom is -0.481 e. The minimum atomic E-state index is -0.789. The maximum atomic E-state index is 12.1. The van der Waals surface area contributed by atoms with Crippen LogP contribution in [-0.2, 0) is 14.3 Å². The summed E-state index contributed by atoms with van der Waals surface area (Å²) in [4.78, 5) is 22.5. The number of hydrogen-bond acceptors (Lipinski definition) is 3. The van der Waals surface area contributed by atoms with E-state index in [9.17, 15) is 9.59 Å². The maximum absolute atomic E-state index is 12.1. The van der Waals surface area contributed by atoms with Gasteiger partial charge in [0.25, 0.3) is 0 Å². The van der Waals surface area contributed by atoms with Crippen LogP contribution in [0.2, 0.25) is 0 Å². The zero-order valence-corrected chi connectivity index (χ0v) is 13.3. The van der Waals surface area contributed by atoms with Crippen molar-refractivity contribution in [2.45, 2.75) is 77.4 Å². The third kappa shape index (κ3) is 7.46. The molecule has 2 N–H and O–H groups in total. The Bertz CT molecular complexity index is 332. The molecule has 5 heteroatoms. The second-order valence-corrected chi connectivity index (χ2v) is 6.07. The number of unbranched alkanes of at least 4 members (excludes halogenated alkanes) is 1. The van der Waals surface area contributed by atoms with E-state index in [1.165, 1.54) is 12.8 Å². The number of carbonyl (C=O) groups excluding carboxylic acids is 1. The molecule has 1 amide bonds. The van der Waals surface area contributed by atoms with Gasteiger partial charge in [0, 0.05) is 13.0 Å². The van der Waals surface area contributed by atoms with Crippen LogP contribution in [0.4, 0.5) is 0 Å². The van der Waals surface area contributed by atoms with E-state index >= 15 is 0 Å². The van der Waals surface area contributed by atoms with Crippen LogP contribution in [0.1, 0.15) is 65.2 Å². The van der Waals surface area contributed by atoms with Gasteiger partial charge >= 0.3 is 5.97 Å². The molecule has 5 nitrogen and oxygen atoms in total. The van der Waals surface area contributed by atoms with Crippen molar-refractivity contribution in [1.82, 2.24) is 5.32 Å². The van der Waals surface area contributed by atoms with E-state index < -0.39 is 5.97 Å². The van der Waals surface area contributed by atoms with Crippen molar-refractivity contribution >= 4 is 11.9 Å². The predicted octanol–water partition coefficient (Wildman–Crippen LogP) is 2.73. The summed E-state index contributed by atoms with van der Waals surface area (Å²) in [6.45, 7) is 4.72. The van der Waals surface area contributed by atoms with Crippen molar-refractivity contribution in [1.29, 1.82) is 0 Å². The molecule has 3 unspecified atom stereocenters. The zero-order valence-electron chi connectivity index (χ0n) is 13.3. The summed E-state index contributed by atoms with van der Waals surface area (Å²) in [5.41, 5.74) is 0. The molecule has 1 aliphatic rings. The molecule has 122 valence electrons. The van der Waals surface area contributed by atoms with Gasteiger partial charge in [-0.05, 0) is 38.0 Å². The van der Waals surface area contributed by atoms with Gasteiger partial charge in [0.2, 0.25) is 5.91 Å². The van der Waals surface area contributed by atoms with Crippen molar-refractivity contribution in [3.05, 3.63) is 0 Å². The normalized spacial score (nSPS) is 23.5. The van der Waals surface area contributed by atoms with E-state index in [0.29, 0.717) is 31.7 Å². The lowest BCUT2D eigenvalue weighted by molar-refractivity contribution is -0.139. The molecule has 0 spiro atoms. The molecule has 1 saturated carbocycles. The van der Waals surface area contributed by atoms with Crippen LogP contribution in [0.25, 0.3) is 0 Å². The lowest BCUT2D eigenvalue weighted by atomic mass is 9.88. The number of rotatable bonds is 9. The molecule has 0 saturated heterocycles. The fourth-order valence-electron chi connectivity index (χ4n) is 2.80. The number of carbonyl (C=O) groups is 2. The van der Waals surface area contributed by atoms with Crippen molar-refractivity contribution in [3.63, 3.8) is 0 Å². The lowest BCUT2D eigenvalue weighted by Gasteiger charge is -2.29. The molecule has 0 aromatic rings. The SMILES string of the molecule is CCC(OC1CCCC(C)C1)C(=O)NCCCCC(=O)O. The van der Waals surface area contributed by atoms with Gasteiger partial charge in [-0.15, -0.1) is 0 Å². The van der Waals surface area contributed by atoms with Gasteiger partial charge in [-0.2, -0.15) is 0 Å². The molecule has 21 heavy (non-hydrogen) atoms. The molecule has 0 heterocycles. The Hall–Kier alpha value is -1.10. The molecule has 0 bridgehead atoms. The molecule has 1 aliphatic carbocycles. The highest BCUT2D eigenvalue weighted by Gasteiger charge is 2.25. The summed E-state index contributed by atoms with van der Waals surface area (Å²) in [5, 5.41) is 11.4. The number of hydrogen-bond donors (Lipinski definition) is 2. The third-order valence-electron chi connectivity index (χ3n) is 4.02. The van der Waals surface area contributed by atoms with Crippen LogP contribution in [0.3, 0.4) is 0 Å². The monoisotopic (exact) mass is 299 g/mol. The minimum absolute atomic E-state index is 0.0638. The highest BCUT2D eigenvalue weighted by Crippen LogP contribution is 2.26. The summed E-state index contributed by atoms with van der Waals surface area (Å²) in [7, 11) is 0. The summed E-state index contributed by atoms with van der Waals surface area (Å²) in [6.07, 6.45) is 6.47. The number of ether oxygens (including phenoxy) is 1. The van der Waals surface area contributed by atoms with Crippen LogP contribution in [0, 0.1) is 5.92 Å². The first-order chi connectivity index (χ1) is 10.0. The highest BCUT2D eigenvalue weighted by molar-refractivity contribution is 5.80. The summed E-state index contributed by atoms with van der Waals surface area (Å²) in [5.74, 6) is -0.172. The fourth-order valence-corrected chi connectivity index (χ4v) is 2.80. The van der Waals surface area contributed by atoms with Gasteiger partial charge in [0.1, 0.15) is 6.10 Å². The van der Waals surface area contributed by atoms with Crippen LogP contribution < -0.4 is 5.32 Å². The molecular formula is C16H29NO4. The predicted molar refractivity (Wildman–Crippen MR) is 81.1 cm³/mol. The van der Waals surface area contributed by atoms with Crippen LogP contribution in [0.5, 0.6) is 0 Å². The fraction of sp³-hybridized carbons (Fsp3) is 0.875. The van der Waals surface area contributed by atoms with Crippen molar-refractivity contribution < 1.29 is 19.4 Å². The summed E-state index contributed by atoms with van der Waals surface area (Å²) in [6, 6.07) is 0. The Labute approximate surface area is 127 Å². The first kappa shape index (κ1) is 18.0. The summed E-state index contributed by atoms with van der Waals surface area (Å²) >= 11 is 0. The van der Waals surface area contributed by atoms with Crippen LogP contribution in [-0.4, -0.2) is 35.7 Å². The van der Waals surface area contributed by atoms with Gasteiger partial charge in [-0.3, -0.25) is 9.59 Å². The van der Waals surface area contributed by atoms with Crippen molar-refractivity contribution in [3.8, 4) is 0 Å². The smallest absolute Gasteiger partial charge is 0.303 e. The van der Waals surface area contributed by atoms with Gasteiger partial charge in [0.05, 0.1) is 6.10 Å². The number of carboxylic acids is 1. The number of nitrogens with one attached hydrogen (secondary N) is 1. The quantitative estimate of drug-likeness (QED) is 0.642. The van der Waals surface area contributed by atoms with E-state index in [1.54, 1.807) is 0 Å². The van der Waals surface area contributed by atoms with E-state index in [0.717, 1.165) is 12.8 Å². The largest absolute Gasteiger partial charge is 0.481 e. The highest BCUT2D eigenvalue weighted by atomic mass is 16.5. The second kappa shape index (κ2) is 9.77. The third-order valence-corrected chi connectivity index (χ3v) is 4.02. The van der Waals surface area contributed by atoms with Crippen LogP contribution in [0.15, 0.2) is 0 Å². The van der Waals surface area contributed by atoms with E-state index in [4.69, 9.17) is 9.84 Å². The Balaban J connectivity index is 2.24. The zero-order chi connectivity index (χ0) is 15.7. The molecule has 0 aromatic carbocycles. The van der Waals surface area contributed by atoms with Gasteiger partial charge < -0.3 is 15.2 Å². The topological polar surface area (TPSA) is 75.6 Å². The average Bonchev–Trinajstić information content (AvgIpc) is 2.44. The van der Waals surface area contributed by atoms with Gasteiger partial charge in [0.15, 0.2) is 0 Å². The standard InChI is InChI=1S/C16H29NO4/c1-3-14(21-13-8-6-7-12(2)11-13)16(20)17-10-5-4-9-15(18)19/h12-14H,3-11H2,1-2H3,(H,17,20)(H,18,19). The first-order valence-electron chi connectivity index (χ1n) is 8.17. The maximum Gasteiger partial charge on any atom is 0.303 e. The summed E-state index contributed by atoms with van der Waals surface area (Å²) < 4.78 is 5.96. The van der Waals surface area contributed by atoms with E-state index in [2.05, 4.69) is 12.2 Å². The Morgan fingerprint density at radius 3 is 2.71 bits per heavy atom. The van der Waals surface area contributed by atoms with Crippen LogP contribution >= 0.6 is 0 Å². The van der Waals surface area contributed by atoms with Crippen molar-refractivity contribution in [2.75, 3.05) is 6.54 Å². The molecule has 3 atom stereocenters. The first-order valence-corrected chi connectivity index (χ1v) is 8.17.